The number of nitrogens with zero attached hydrogens (tertiary/aromatic N) is 4. The van der Waals surface area contributed by atoms with Crippen LogP contribution in [0.4, 0.5) is 5.82 Å². The Morgan fingerprint density at radius 2 is 1.96 bits per heavy atom. The minimum absolute atomic E-state index is 0.0506. The van der Waals surface area contributed by atoms with E-state index < -0.39 is 18.2 Å². The molecule has 3 aromatic rings. The van der Waals surface area contributed by atoms with Gasteiger partial charge in [-0.1, -0.05) is 30.7 Å². The first-order valence-corrected chi connectivity index (χ1v) is 9.15. The molecule has 0 unspecified atom stereocenters. The molecule has 1 saturated carbocycles. The van der Waals surface area contributed by atoms with Crippen molar-refractivity contribution in [1.29, 1.82) is 0 Å². The van der Waals surface area contributed by atoms with Crippen molar-refractivity contribution in [2.45, 2.75) is 37.5 Å². The number of anilines is 1. The zero-order valence-electron chi connectivity index (χ0n) is 14.7. The molecule has 1 aliphatic rings. The molecule has 27 heavy (non-hydrogen) atoms. The molecule has 4 rings (SSSR count). The average Bonchev–Trinajstić information content (AvgIpc) is 3.23. The summed E-state index contributed by atoms with van der Waals surface area (Å²) < 4.78 is 1.65. The summed E-state index contributed by atoms with van der Waals surface area (Å²) in [5.74, 6) is 5.88. The number of aromatic nitrogens is 4. The maximum absolute atomic E-state index is 10.7. The number of hydrogen-bond acceptors (Lipinski definition) is 7. The fourth-order valence-corrected chi connectivity index (χ4v) is 4.14. The molecule has 0 saturated heterocycles. The van der Waals surface area contributed by atoms with E-state index in [4.69, 9.17) is 17.4 Å². The third-order valence-electron chi connectivity index (χ3n) is 5.58. The molecule has 1 aliphatic carbocycles. The van der Waals surface area contributed by atoms with Crippen molar-refractivity contribution in [1.82, 2.24) is 19.7 Å². The van der Waals surface area contributed by atoms with Crippen molar-refractivity contribution in [2.24, 2.45) is 11.8 Å². The van der Waals surface area contributed by atoms with Gasteiger partial charge in [0.05, 0.1) is 23.7 Å². The maximum atomic E-state index is 10.7. The van der Waals surface area contributed by atoms with Crippen LogP contribution < -0.4 is 11.3 Å². The number of hydrogen-bond donors (Lipinski definition) is 4. The normalized spacial score (nSPS) is 26.4. The molecule has 0 radical (unpaired) electrons. The summed E-state index contributed by atoms with van der Waals surface area (Å²) in [6.07, 6.45) is 1.75. The molecule has 1 fully saturated rings. The highest BCUT2D eigenvalue weighted by Crippen LogP contribution is 2.43. The molecule has 1 aromatic carbocycles. The van der Waals surface area contributed by atoms with Gasteiger partial charge in [-0.3, -0.25) is 0 Å². The van der Waals surface area contributed by atoms with Gasteiger partial charge in [-0.15, -0.1) is 0 Å². The molecule has 5 N–H and O–H groups in total. The largest absolute Gasteiger partial charge is 0.390 e. The Labute approximate surface area is 161 Å². The molecule has 0 aliphatic heterocycles. The number of halogens is 1. The molecule has 5 atom stereocenters. The number of aliphatic hydroxyl groups is 2. The van der Waals surface area contributed by atoms with E-state index >= 15 is 0 Å². The van der Waals surface area contributed by atoms with Crippen molar-refractivity contribution >= 4 is 28.5 Å². The molecule has 2 heterocycles. The molecular formula is C18H21ClN6O2. The number of nitrogen functional groups attached to an aromatic ring is 1. The standard InChI is InChI=1S/C18H21ClN6O2/c1-9(10-2-4-11(19)5-3-10)12-6-14(16(27)15(12)26)25-18-13(7-23-25)17(24-20)21-8-22-18/h2-5,7-9,12,14-16,26-27H,6,20H2,1H3,(H,21,22,24)/t9-,12+,14+,15+,16-/m0/s1. The smallest absolute Gasteiger partial charge is 0.163 e. The Morgan fingerprint density at radius 3 is 2.67 bits per heavy atom. The molecule has 0 amide bonds. The lowest BCUT2D eigenvalue weighted by Crippen LogP contribution is -2.31. The van der Waals surface area contributed by atoms with Gasteiger partial charge in [0.1, 0.15) is 12.4 Å². The summed E-state index contributed by atoms with van der Waals surface area (Å²) in [5.41, 5.74) is 4.15. The minimum Gasteiger partial charge on any atom is -0.390 e. The van der Waals surface area contributed by atoms with Gasteiger partial charge in [-0.05, 0) is 36.0 Å². The van der Waals surface area contributed by atoms with Gasteiger partial charge in [0.25, 0.3) is 0 Å². The van der Waals surface area contributed by atoms with Crippen molar-refractivity contribution in [2.75, 3.05) is 5.43 Å². The van der Waals surface area contributed by atoms with Crippen LogP contribution in [0.1, 0.15) is 30.9 Å². The number of nitrogens with one attached hydrogen (secondary N) is 1. The summed E-state index contributed by atoms with van der Waals surface area (Å²) in [6, 6.07) is 7.19. The summed E-state index contributed by atoms with van der Waals surface area (Å²) >= 11 is 5.97. The van der Waals surface area contributed by atoms with Gasteiger partial charge < -0.3 is 15.6 Å². The Balaban J connectivity index is 1.65. The van der Waals surface area contributed by atoms with Crippen molar-refractivity contribution in [3.8, 4) is 0 Å². The van der Waals surface area contributed by atoms with Crippen LogP contribution in [0.2, 0.25) is 5.02 Å². The number of hydrazine groups is 1. The second kappa shape index (κ2) is 7.05. The predicted molar refractivity (Wildman–Crippen MR) is 102 cm³/mol. The average molecular weight is 389 g/mol. The lowest BCUT2D eigenvalue weighted by Gasteiger charge is -2.23. The van der Waals surface area contributed by atoms with Gasteiger partial charge >= 0.3 is 0 Å². The quantitative estimate of drug-likeness (QED) is 0.397. The van der Waals surface area contributed by atoms with Crippen LogP contribution >= 0.6 is 11.6 Å². The fraction of sp³-hybridized carbons (Fsp3) is 0.389. The molecule has 142 valence electrons. The van der Waals surface area contributed by atoms with E-state index in [0.717, 1.165) is 5.56 Å². The maximum Gasteiger partial charge on any atom is 0.163 e. The highest BCUT2D eigenvalue weighted by molar-refractivity contribution is 6.30. The van der Waals surface area contributed by atoms with Gasteiger partial charge in [0.2, 0.25) is 0 Å². The van der Waals surface area contributed by atoms with Crippen LogP contribution in [-0.4, -0.2) is 42.2 Å². The lowest BCUT2D eigenvalue weighted by molar-refractivity contribution is 0.00140. The van der Waals surface area contributed by atoms with Crippen LogP contribution in [0.3, 0.4) is 0 Å². The first-order chi connectivity index (χ1) is 13.0. The van der Waals surface area contributed by atoms with E-state index in [2.05, 4.69) is 20.5 Å². The Hall–Kier alpha value is -2.26. The van der Waals surface area contributed by atoms with Crippen molar-refractivity contribution < 1.29 is 10.2 Å². The van der Waals surface area contributed by atoms with Crippen molar-refractivity contribution in [3.05, 3.63) is 47.4 Å². The molecule has 0 bridgehead atoms. The Kier molecular flexibility index (Phi) is 4.73. The van der Waals surface area contributed by atoms with Crippen LogP contribution in [-0.2, 0) is 0 Å². The van der Waals surface area contributed by atoms with Crippen LogP contribution in [0.25, 0.3) is 11.0 Å². The van der Waals surface area contributed by atoms with Gasteiger partial charge in [-0.25, -0.2) is 20.5 Å². The summed E-state index contributed by atoms with van der Waals surface area (Å²) in [4.78, 5) is 8.34. The number of nitrogens with two attached hydrogens (primary N) is 1. The highest BCUT2D eigenvalue weighted by atomic mass is 35.5. The zero-order valence-corrected chi connectivity index (χ0v) is 15.5. The predicted octanol–water partition coefficient (Wildman–Crippen LogP) is 1.85. The summed E-state index contributed by atoms with van der Waals surface area (Å²) in [5, 5.41) is 27.1. The highest BCUT2D eigenvalue weighted by Gasteiger charge is 2.45. The fourth-order valence-electron chi connectivity index (χ4n) is 4.02. The van der Waals surface area contributed by atoms with Gasteiger partial charge in [-0.2, -0.15) is 5.10 Å². The molecule has 0 spiro atoms. The zero-order chi connectivity index (χ0) is 19.1. The molecular weight excluding hydrogens is 368 g/mol. The topological polar surface area (TPSA) is 122 Å². The molecule has 9 heteroatoms. The first-order valence-electron chi connectivity index (χ1n) is 8.77. The number of rotatable bonds is 4. The summed E-state index contributed by atoms with van der Waals surface area (Å²) in [7, 11) is 0. The first kappa shape index (κ1) is 18.1. The Morgan fingerprint density at radius 1 is 1.22 bits per heavy atom. The van der Waals surface area contributed by atoms with Gasteiger partial charge in [0, 0.05) is 5.02 Å². The van der Waals surface area contributed by atoms with Crippen LogP contribution in [0.5, 0.6) is 0 Å². The number of benzene rings is 1. The minimum atomic E-state index is -0.947. The van der Waals surface area contributed by atoms with Gasteiger partial charge in [0.15, 0.2) is 11.5 Å². The van der Waals surface area contributed by atoms with E-state index in [0.29, 0.717) is 28.3 Å². The van der Waals surface area contributed by atoms with Crippen molar-refractivity contribution in [3.63, 3.8) is 0 Å². The Bertz CT molecular complexity index is 947. The molecule has 2 aromatic heterocycles. The second-order valence-electron chi connectivity index (χ2n) is 6.98. The van der Waals surface area contributed by atoms with E-state index in [-0.39, 0.29) is 11.8 Å². The summed E-state index contributed by atoms with van der Waals surface area (Å²) in [6.45, 7) is 2.05. The van der Waals surface area contributed by atoms with E-state index in [1.165, 1.54) is 6.33 Å². The third kappa shape index (κ3) is 3.04. The SMILES string of the molecule is C[C@@H](c1ccc(Cl)cc1)[C@H]1C[C@@H](n2ncc3c(NN)ncnc32)[C@H](O)[C@@H]1O. The van der Waals surface area contributed by atoms with Crippen LogP contribution in [0.15, 0.2) is 36.8 Å². The third-order valence-corrected chi connectivity index (χ3v) is 5.83. The van der Waals surface area contributed by atoms with E-state index in [1.807, 2.05) is 31.2 Å². The lowest BCUT2D eigenvalue weighted by atomic mass is 9.85. The van der Waals surface area contributed by atoms with E-state index in [1.54, 1.807) is 10.9 Å². The molecule has 8 nitrogen and oxygen atoms in total. The van der Waals surface area contributed by atoms with Crippen LogP contribution in [0, 0.1) is 5.92 Å². The monoisotopic (exact) mass is 388 g/mol. The second-order valence-corrected chi connectivity index (χ2v) is 7.42. The number of aliphatic hydroxyl groups excluding tert-OH is 2. The van der Waals surface area contributed by atoms with E-state index in [9.17, 15) is 10.2 Å². The number of fused-ring (bicyclic) bond motifs is 1.